The maximum Gasteiger partial charge on any atom is 0.194 e. The number of hydrogen-bond donors (Lipinski definition) is 1. The van der Waals surface area contributed by atoms with E-state index in [0.717, 1.165) is 50.8 Å². The third-order valence-electron chi connectivity index (χ3n) is 5.02. The molecule has 1 saturated heterocycles. The van der Waals surface area contributed by atoms with Crippen LogP contribution in [0, 0.1) is 0 Å². The van der Waals surface area contributed by atoms with Crippen molar-refractivity contribution in [1.82, 2.24) is 15.1 Å². The summed E-state index contributed by atoms with van der Waals surface area (Å²) in [6.45, 7) is 8.27. The summed E-state index contributed by atoms with van der Waals surface area (Å²) < 4.78 is 23.2. The van der Waals surface area contributed by atoms with Gasteiger partial charge in [-0.1, -0.05) is 42.5 Å². The molecular formula is C22H31IN4O2S. The molecule has 2 aromatic rings. The predicted molar refractivity (Wildman–Crippen MR) is 133 cm³/mol. The van der Waals surface area contributed by atoms with Crippen molar-refractivity contribution >= 4 is 39.8 Å². The molecule has 0 atom stereocenters. The van der Waals surface area contributed by atoms with Gasteiger partial charge in [-0.2, -0.15) is 0 Å². The molecule has 0 aliphatic carbocycles. The van der Waals surface area contributed by atoms with Crippen LogP contribution < -0.4 is 5.32 Å². The zero-order chi connectivity index (χ0) is 20.7. The molecule has 1 aliphatic rings. The molecule has 0 saturated carbocycles. The zero-order valence-corrected chi connectivity index (χ0v) is 20.8. The van der Waals surface area contributed by atoms with Crippen molar-refractivity contribution in [3.05, 3.63) is 65.7 Å². The van der Waals surface area contributed by atoms with E-state index in [4.69, 9.17) is 4.99 Å². The van der Waals surface area contributed by atoms with Crippen molar-refractivity contribution in [3.8, 4) is 0 Å². The molecule has 0 spiro atoms. The van der Waals surface area contributed by atoms with E-state index in [0.29, 0.717) is 11.4 Å². The first-order chi connectivity index (χ1) is 14.0. The Morgan fingerprint density at radius 3 is 2.17 bits per heavy atom. The lowest BCUT2D eigenvalue weighted by Gasteiger charge is -2.36. The number of piperazine rings is 1. The van der Waals surface area contributed by atoms with Crippen LogP contribution in [-0.2, 0) is 22.9 Å². The monoisotopic (exact) mass is 542 g/mol. The van der Waals surface area contributed by atoms with E-state index in [1.165, 1.54) is 11.8 Å². The molecule has 0 unspecified atom stereocenters. The largest absolute Gasteiger partial charge is 0.357 e. The van der Waals surface area contributed by atoms with Crippen LogP contribution in [0.25, 0.3) is 0 Å². The number of rotatable bonds is 6. The number of nitrogens with zero attached hydrogens (tertiary/aromatic N) is 3. The highest BCUT2D eigenvalue weighted by atomic mass is 127. The van der Waals surface area contributed by atoms with Crippen molar-refractivity contribution in [2.24, 2.45) is 4.99 Å². The van der Waals surface area contributed by atoms with Crippen molar-refractivity contribution in [3.63, 3.8) is 0 Å². The van der Waals surface area contributed by atoms with Gasteiger partial charge in [-0.3, -0.25) is 4.90 Å². The fourth-order valence-corrected chi connectivity index (χ4v) is 4.02. The van der Waals surface area contributed by atoms with E-state index in [1.54, 1.807) is 12.1 Å². The van der Waals surface area contributed by atoms with Gasteiger partial charge in [0.25, 0.3) is 0 Å². The summed E-state index contributed by atoms with van der Waals surface area (Å²) in [4.78, 5) is 9.88. The molecule has 0 aromatic heterocycles. The fraction of sp³-hybridized carbons (Fsp3) is 0.409. The van der Waals surface area contributed by atoms with E-state index in [9.17, 15) is 8.42 Å². The smallest absolute Gasteiger partial charge is 0.194 e. The van der Waals surface area contributed by atoms with Crippen LogP contribution in [0.3, 0.4) is 0 Å². The minimum Gasteiger partial charge on any atom is -0.357 e. The molecule has 1 aliphatic heterocycles. The Morgan fingerprint density at radius 2 is 1.60 bits per heavy atom. The second kappa shape index (κ2) is 11.7. The third kappa shape index (κ3) is 7.24. The normalized spacial score (nSPS) is 15.5. The van der Waals surface area contributed by atoms with Crippen LogP contribution in [0.4, 0.5) is 0 Å². The minimum atomic E-state index is -3.17. The quantitative estimate of drug-likeness (QED) is 0.346. The highest BCUT2D eigenvalue weighted by Crippen LogP contribution is 2.12. The molecule has 1 fully saturated rings. The summed E-state index contributed by atoms with van der Waals surface area (Å²) in [5, 5.41) is 3.38. The van der Waals surface area contributed by atoms with Gasteiger partial charge in [-0.15, -0.1) is 24.0 Å². The average molecular weight is 542 g/mol. The van der Waals surface area contributed by atoms with Gasteiger partial charge in [0.2, 0.25) is 0 Å². The molecule has 164 valence electrons. The molecule has 3 rings (SSSR count). The second-order valence-corrected chi connectivity index (χ2v) is 9.35. The Balaban J connectivity index is 0.00000320. The highest BCUT2D eigenvalue weighted by molar-refractivity contribution is 14.0. The lowest BCUT2D eigenvalue weighted by atomic mass is 10.2. The number of hydrogen-bond acceptors (Lipinski definition) is 4. The summed E-state index contributed by atoms with van der Waals surface area (Å²) in [6.07, 6.45) is 1.22. The molecule has 0 amide bonds. The molecule has 1 N–H and O–H groups in total. The molecule has 0 radical (unpaired) electrons. The van der Waals surface area contributed by atoms with Gasteiger partial charge in [0.15, 0.2) is 15.8 Å². The van der Waals surface area contributed by atoms with Crippen molar-refractivity contribution < 1.29 is 8.42 Å². The minimum absolute atomic E-state index is 0. The van der Waals surface area contributed by atoms with Gasteiger partial charge >= 0.3 is 0 Å². The van der Waals surface area contributed by atoms with Crippen molar-refractivity contribution in [2.75, 3.05) is 39.0 Å². The number of guanidine groups is 1. The third-order valence-corrected chi connectivity index (χ3v) is 6.15. The number of halogens is 1. The zero-order valence-electron chi connectivity index (χ0n) is 17.6. The molecule has 8 heteroatoms. The SMILES string of the molecule is CCNC(=NCc1ccc(S(C)(=O)=O)cc1)N1CCN(Cc2ccccc2)CC1.I. The van der Waals surface area contributed by atoms with Crippen molar-refractivity contribution in [1.29, 1.82) is 0 Å². The van der Waals surface area contributed by atoms with Crippen LogP contribution >= 0.6 is 24.0 Å². The van der Waals surface area contributed by atoms with E-state index < -0.39 is 9.84 Å². The van der Waals surface area contributed by atoms with Crippen LogP contribution in [0.15, 0.2) is 64.5 Å². The van der Waals surface area contributed by atoms with Crippen LogP contribution in [-0.4, -0.2) is 63.2 Å². The van der Waals surface area contributed by atoms with E-state index >= 15 is 0 Å². The Bertz CT molecular complexity index is 910. The van der Waals surface area contributed by atoms with Gasteiger partial charge < -0.3 is 10.2 Å². The molecular weight excluding hydrogens is 511 g/mol. The van der Waals surface area contributed by atoms with Crippen molar-refractivity contribution in [2.45, 2.75) is 24.9 Å². The Morgan fingerprint density at radius 1 is 0.967 bits per heavy atom. The van der Waals surface area contributed by atoms with E-state index in [1.807, 2.05) is 12.1 Å². The number of nitrogens with one attached hydrogen (secondary N) is 1. The first-order valence-electron chi connectivity index (χ1n) is 10.0. The standard InChI is InChI=1S/C22H30N4O2S.HI/c1-3-23-22(24-17-19-9-11-21(12-10-19)29(2,27)28)26-15-13-25(14-16-26)18-20-7-5-4-6-8-20;/h4-12H,3,13-18H2,1-2H3,(H,23,24);1H. The summed E-state index contributed by atoms with van der Waals surface area (Å²) in [6, 6.07) is 17.5. The van der Waals surface area contributed by atoms with E-state index in [-0.39, 0.29) is 24.0 Å². The first kappa shape index (κ1) is 24.6. The fourth-order valence-electron chi connectivity index (χ4n) is 3.39. The summed E-state index contributed by atoms with van der Waals surface area (Å²) >= 11 is 0. The topological polar surface area (TPSA) is 65.0 Å². The lowest BCUT2D eigenvalue weighted by molar-refractivity contribution is 0.172. The number of aliphatic imine (C=N–C) groups is 1. The highest BCUT2D eigenvalue weighted by Gasteiger charge is 2.19. The molecule has 30 heavy (non-hydrogen) atoms. The van der Waals surface area contributed by atoms with Gasteiger partial charge in [-0.05, 0) is 30.2 Å². The van der Waals surface area contributed by atoms with Gasteiger partial charge in [0, 0.05) is 45.5 Å². The van der Waals surface area contributed by atoms with Crippen LogP contribution in [0.5, 0.6) is 0 Å². The number of benzene rings is 2. The average Bonchev–Trinajstić information content (AvgIpc) is 2.72. The number of sulfone groups is 1. The summed E-state index contributed by atoms with van der Waals surface area (Å²) in [7, 11) is -3.17. The van der Waals surface area contributed by atoms with E-state index in [2.05, 4.69) is 52.4 Å². The van der Waals surface area contributed by atoms with Gasteiger partial charge in [0.1, 0.15) is 0 Å². The lowest BCUT2D eigenvalue weighted by Crippen LogP contribution is -2.52. The maximum atomic E-state index is 11.6. The predicted octanol–water partition coefficient (Wildman–Crippen LogP) is 2.99. The molecule has 1 heterocycles. The van der Waals surface area contributed by atoms with Gasteiger partial charge in [0.05, 0.1) is 11.4 Å². The van der Waals surface area contributed by atoms with Gasteiger partial charge in [-0.25, -0.2) is 13.4 Å². The summed E-state index contributed by atoms with van der Waals surface area (Å²) in [5.74, 6) is 0.916. The molecule has 0 bridgehead atoms. The molecule has 2 aromatic carbocycles. The van der Waals surface area contributed by atoms with Crippen LogP contribution in [0.1, 0.15) is 18.1 Å². The Hall–Kier alpha value is -1.65. The van der Waals surface area contributed by atoms with Crippen LogP contribution in [0.2, 0.25) is 0 Å². The first-order valence-corrected chi connectivity index (χ1v) is 11.9. The summed E-state index contributed by atoms with van der Waals surface area (Å²) in [5.41, 5.74) is 2.34. The second-order valence-electron chi connectivity index (χ2n) is 7.34. The molecule has 6 nitrogen and oxygen atoms in total. The Kier molecular flexibility index (Phi) is 9.57. The Labute approximate surface area is 197 Å². The maximum absolute atomic E-state index is 11.6.